The van der Waals surface area contributed by atoms with Gasteiger partial charge in [0.2, 0.25) is 0 Å². The lowest BCUT2D eigenvalue weighted by Gasteiger charge is -2.13. The molecule has 0 aliphatic heterocycles. The molecule has 0 saturated heterocycles. The van der Waals surface area contributed by atoms with Gasteiger partial charge < -0.3 is 15.2 Å². The Morgan fingerprint density at radius 3 is 2.79 bits per heavy atom. The molecule has 0 heterocycles. The van der Waals surface area contributed by atoms with E-state index in [9.17, 15) is 14.0 Å². The Bertz CT molecular complexity index is 501. The molecule has 1 aromatic rings. The number of benzene rings is 1. The summed E-state index contributed by atoms with van der Waals surface area (Å²) in [5.41, 5.74) is 0.119. The van der Waals surface area contributed by atoms with E-state index in [0.29, 0.717) is 0 Å². The highest BCUT2D eigenvalue weighted by molar-refractivity contribution is 5.96. The number of carbonyl (C=O) groups excluding carboxylic acids is 1. The van der Waals surface area contributed by atoms with Gasteiger partial charge in [0, 0.05) is 5.56 Å². The van der Waals surface area contributed by atoms with Gasteiger partial charge in [0.15, 0.2) is 11.6 Å². The van der Waals surface area contributed by atoms with Crippen LogP contribution in [0.2, 0.25) is 0 Å². The predicted octanol–water partition coefficient (Wildman–Crippen LogP) is 1.59. The van der Waals surface area contributed by atoms with Gasteiger partial charge in [-0.15, -0.1) is 6.58 Å². The number of halogens is 1. The average Bonchev–Trinajstić information content (AvgIpc) is 2.38. The molecule has 0 bridgehead atoms. The third-order valence-corrected chi connectivity index (χ3v) is 2.42. The molecule has 5 nitrogen and oxygen atoms in total. The van der Waals surface area contributed by atoms with Crippen molar-refractivity contribution in [3.63, 3.8) is 0 Å². The average molecular weight is 267 g/mol. The number of carboxylic acids is 1. The summed E-state index contributed by atoms with van der Waals surface area (Å²) in [6.07, 6.45) is 1.49. The van der Waals surface area contributed by atoms with Gasteiger partial charge in [-0.3, -0.25) is 4.79 Å². The van der Waals surface area contributed by atoms with Crippen LogP contribution >= 0.6 is 0 Å². The van der Waals surface area contributed by atoms with E-state index in [4.69, 9.17) is 9.84 Å². The van der Waals surface area contributed by atoms with Crippen molar-refractivity contribution in [1.82, 2.24) is 5.32 Å². The molecule has 1 unspecified atom stereocenters. The molecule has 0 spiro atoms. The molecule has 1 aromatic carbocycles. The zero-order valence-electron chi connectivity index (χ0n) is 10.4. The lowest BCUT2D eigenvalue weighted by atomic mass is 10.1. The maximum absolute atomic E-state index is 13.2. The van der Waals surface area contributed by atoms with Crippen LogP contribution in [-0.2, 0) is 4.79 Å². The third kappa shape index (κ3) is 3.80. The van der Waals surface area contributed by atoms with Crippen LogP contribution < -0.4 is 10.1 Å². The van der Waals surface area contributed by atoms with Crippen molar-refractivity contribution >= 4 is 11.9 Å². The van der Waals surface area contributed by atoms with Gasteiger partial charge in [-0.2, -0.15) is 0 Å². The number of carboxylic acid groups (broad SMARTS) is 1. The van der Waals surface area contributed by atoms with Gasteiger partial charge in [0.1, 0.15) is 6.04 Å². The van der Waals surface area contributed by atoms with Crippen molar-refractivity contribution in [2.45, 2.75) is 12.5 Å². The van der Waals surface area contributed by atoms with Crippen molar-refractivity contribution < 1.29 is 23.8 Å². The lowest BCUT2D eigenvalue weighted by Crippen LogP contribution is -2.40. The minimum atomic E-state index is -1.16. The number of ether oxygens (including phenoxy) is 1. The highest BCUT2D eigenvalue weighted by Gasteiger charge is 2.19. The zero-order chi connectivity index (χ0) is 14.4. The van der Waals surface area contributed by atoms with Crippen LogP contribution in [0.5, 0.6) is 5.75 Å². The van der Waals surface area contributed by atoms with E-state index < -0.39 is 23.7 Å². The Kier molecular flexibility index (Phi) is 5.05. The summed E-state index contributed by atoms with van der Waals surface area (Å²) in [6, 6.07) is 2.47. The van der Waals surface area contributed by atoms with Gasteiger partial charge >= 0.3 is 5.97 Å². The summed E-state index contributed by atoms with van der Waals surface area (Å²) in [5, 5.41) is 11.2. The summed E-state index contributed by atoms with van der Waals surface area (Å²) in [5.74, 6) is -2.46. The molecule has 0 radical (unpaired) electrons. The van der Waals surface area contributed by atoms with Gasteiger partial charge in [-0.25, -0.2) is 9.18 Å². The SMILES string of the molecule is C=CCC(NC(=O)c1ccc(F)c(OC)c1)C(=O)O. The third-order valence-electron chi connectivity index (χ3n) is 2.42. The maximum Gasteiger partial charge on any atom is 0.326 e. The number of rotatable bonds is 6. The minimum Gasteiger partial charge on any atom is -0.494 e. The fraction of sp³-hybridized carbons (Fsp3) is 0.231. The lowest BCUT2D eigenvalue weighted by molar-refractivity contribution is -0.139. The second kappa shape index (κ2) is 6.53. The Morgan fingerprint density at radius 1 is 1.58 bits per heavy atom. The van der Waals surface area contributed by atoms with Crippen molar-refractivity contribution in [3.05, 3.63) is 42.2 Å². The smallest absolute Gasteiger partial charge is 0.326 e. The molecule has 0 aliphatic rings. The second-order valence-electron chi connectivity index (χ2n) is 3.74. The summed E-state index contributed by atoms with van der Waals surface area (Å²) in [6.45, 7) is 3.42. The van der Waals surface area contributed by atoms with Crippen LogP contribution in [0.3, 0.4) is 0 Å². The largest absolute Gasteiger partial charge is 0.494 e. The van der Waals surface area contributed by atoms with E-state index in [-0.39, 0.29) is 17.7 Å². The number of hydrogen-bond acceptors (Lipinski definition) is 3. The molecule has 0 aliphatic carbocycles. The van der Waals surface area contributed by atoms with Crippen LogP contribution in [0.25, 0.3) is 0 Å². The number of methoxy groups -OCH3 is 1. The Morgan fingerprint density at radius 2 is 2.26 bits per heavy atom. The quantitative estimate of drug-likeness (QED) is 0.767. The van der Waals surface area contributed by atoms with Crippen LogP contribution in [0.15, 0.2) is 30.9 Å². The van der Waals surface area contributed by atoms with Crippen LogP contribution in [0.4, 0.5) is 4.39 Å². The maximum atomic E-state index is 13.2. The number of aliphatic carboxylic acids is 1. The van der Waals surface area contributed by atoms with Crippen molar-refractivity contribution in [2.24, 2.45) is 0 Å². The highest BCUT2D eigenvalue weighted by Crippen LogP contribution is 2.18. The summed E-state index contributed by atoms with van der Waals surface area (Å²) >= 11 is 0. The van der Waals surface area contributed by atoms with Gasteiger partial charge in [0.05, 0.1) is 7.11 Å². The summed E-state index contributed by atoms with van der Waals surface area (Å²) in [7, 11) is 1.28. The summed E-state index contributed by atoms with van der Waals surface area (Å²) < 4.78 is 17.9. The molecule has 19 heavy (non-hydrogen) atoms. The molecule has 1 rings (SSSR count). The fourth-order valence-electron chi connectivity index (χ4n) is 1.43. The Labute approximate surface area is 109 Å². The molecule has 102 valence electrons. The predicted molar refractivity (Wildman–Crippen MR) is 66.7 cm³/mol. The van der Waals surface area contributed by atoms with E-state index in [2.05, 4.69) is 11.9 Å². The fourth-order valence-corrected chi connectivity index (χ4v) is 1.43. The van der Waals surface area contributed by atoms with Gasteiger partial charge in [-0.05, 0) is 24.6 Å². The highest BCUT2D eigenvalue weighted by atomic mass is 19.1. The van der Waals surface area contributed by atoms with E-state index in [1.807, 2.05) is 0 Å². The molecule has 2 N–H and O–H groups in total. The second-order valence-corrected chi connectivity index (χ2v) is 3.74. The monoisotopic (exact) mass is 267 g/mol. The minimum absolute atomic E-state index is 0.0803. The van der Waals surface area contributed by atoms with Crippen LogP contribution in [-0.4, -0.2) is 30.1 Å². The van der Waals surface area contributed by atoms with Crippen LogP contribution in [0, 0.1) is 5.82 Å². The van der Waals surface area contributed by atoms with E-state index in [1.165, 1.54) is 25.3 Å². The summed E-state index contributed by atoms with van der Waals surface area (Å²) in [4.78, 5) is 22.7. The molecule has 0 aromatic heterocycles. The van der Waals surface area contributed by atoms with E-state index in [1.54, 1.807) is 0 Å². The van der Waals surface area contributed by atoms with Crippen molar-refractivity contribution in [3.8, 4) is 5.75 Å². The van der Waals surface area contributed by atoms with Crippen LogP contribution in [0.1, 0.15) is 16.8 Å². The van der Waals surface area contributed by atoms with Gasteiger partial charge in [-0.1, -0.05) is 6.08 Å². The topological polar surface area (TPSA) is 75.6 Å². The first-order chi connectivity index (χ1) is 8.99. The first-order valence-electron chi connectivity index (χ1n) is 5.47. The molecule has 0 saturated carbocycles. The van der Waals surface area contributed by atoms with E-state index >= 15 is 0 Å². The number of nitrogens with one attached hydrogen (secondary N) is 1. The molecule has 1 amide bonds. The molecular formula is C13H14FNO4. The first-order valence-corrected chi connectivity index (χ1v) is 5.47. The number of amides is 1. The standard InChI is InChI=1S/C13H14FNO4/c1-3-4-10(13(17)18)15-12(16)8-5-6-9(14)11(7-8)19-2/h3,5-7,10H,1,4H2,2H3,(H,15,16)(H,17,18). The van der Waals surface area contributed by atoms with Crippen molar-refractivity contribution in [1.29, 1.82) is 0 Å². The normalized spacial score (nSPS) is 11.5. The first kappa shape index (κ1) is 14.7. The molecule has 6 heteroatoms. The molecule has 0 fully saturated rings. The van der Waals surface area contributed by atoms with Crippen molar-refractivity contribution in [2.75, 3.05) is 7.11 Å². The number of hydrogen-bond donors (Lipinski definition) is 2. The molecule has 1 atom stereocenters. The Hall–Kier alpha value is -2.37. The van der Waals surface area contributed by atoms with E-state index in [0.717, 1.165) is 6.07 Å². The number of carbonyl (C=O) groups is 2. The van der Waals surface area contributed by atoms with Gasteiger partial charge in [0.25, 0.3) is 5.91 Å². The molecular weight excluding hydrogens is 253 g/mol. The zero-order valence-corrected chi connectivity index (χ0v) is 10.4. The Balaban J connectivity index is 2.88.